The fraction of sp³-hybridized carbons (Fsp3) is 0.929. The smallest absolute Gasteiger partial charge is 0.138 e. The Morgan fingerprint density at radius 1 is 0.778 bits per heavy atom. The van der Waals surface area contributed by atoms with Crippen LogP contribution in [0, 0.1) is 0 Å². The Morgan fingerprint density at radius 2 is 1.33 bits per heavy atom. The molecule has 1 rings (SSSR count). The van der Waals surface area contributed by atoms with Crippen molar-refractivity contribution in [2.75, 3.05) is 0 Å². The molecule has 0 N–H and O–H groups in total. The number of aromatic nitrogens is 4. The minimum atomic E-state index is 0.962. The first-order chi connectivity index (χ1) is 8.93. The van der Waals surface area contributed by atoms with E-state index in [0.29, 0.717) is 0 Å². The number of hydrogen-bond acceptors (Lipinski definition) is 3. The molecular formula is C14H28N4. The number of aryl methyl sites for hydroxylation is 1. The third-order valence-electron chi connectivity index (χ3n) is 3.38. The zero-order valence-corrected chi connectivity index (χ0v) is 11.9. The van der Waals surface area contributed by atoms with E-state index >= 15 is 0 Å². The van der Waals surface area contributed by atoms with Crippen LogP contribution in [0.15, 0.2) is 6.33 Å². The number of unbranched alkanes of at least 4 members (excludes halogenated alkanes) is 10. The van der Waals surface area contributed by atoms with E-state index in [-0.39, 0.29) is 0 Å². The average molecular weight is 252 g/mol. The summed E-state index contributed by atoms with van der Waals surface area (Å²) in [6.07, 6.45) is 16.8. The Morgan fingerprint density at radius 3 is 1.83 bits per heavy atom. The zero-order valence-electron chi connectivity index (χ0n) is 11.9. The molecule has 0 saturated carbocycles. The quantitative estimate of drug-likeness (QED) is 0.528. The fourth-order valence-electron chi connectivity index (χ4n) is 2.22. The highest BCUT2D eigenvalue weighted by atomic mass is 15.5. The highest BCUT2D eigenvalue weighted by molar-refractivity contribution is 4.50. The van der Waals surface area contributed by atoms with Crippen LogP contribution in [0.4, 0.5) is 0 Å². The van der Waals surface area contributed by atoms with Crippen LogP contribution >= 0.6 is 0 Å². The molecule has 1 heterocycles. The number of rotatable bonds is 12. The van der Waals surface area contributed by atoms with Crippen molar-refractivity contribution in [2.24, 2.45) is 0 Å². The highest BCUT2D eigenvalue weighted by Crippen LogP contribution is 2.11. The lowest BCUT2D eigenvalue weighted by Gasteiger charge is -2.02. The molecule has 4 nitrogen and oxygen atoms in total. The van der Waals surface area contributed by atoms with Gasteiger partial charge in [0, 0.05) is 6.54 Å². The molecule has 4 heteroatoms. The predicted octanol–water partition coefficient (Wildman–Crippen LogP) is 3.98. The Labute approximate surface area is 111 Å². The van der Waals surface area contributed by atoms with Gasteiger partial charge in [0.15, 0.2) is 0 Å². The van der Waals surface area contributed by atoms with Gasteiger partial charge in [-0.25, -0.2) is 4.68 Å². The van der Waals surface area contributed by atoms with E-state index in [1.54, 1.807) is 6.33 Å². The van der Waals surface area contributed by atoms with Gasteiger partial charge in [0.05, 0.1) is 0 Å². The van der Waals surface area contributed by atoms with Gasteiger partial charge in [-0.3, -0.25) is 0 Å². The Kier molecular flexibility index (Phi) is 9.39. The van der Waals surface area contributed by atoms with Crippen LogP contribution in [0.1, 0.15) is 77.6 Å². The first-order valence-corrected chi connectivity index (χ1v) is 7.64. The van der Waals surface area contributed by atoms with Gasteiger partial charge in [0.1, 0.15) is 6.33 Å². The maximum atomic E-state index is 3.85. The van der Waals surface area contributed by atoms with Crippen molar-refractivity contribution in [3.63, 3.8) is 0 Å². The van der Waals surface area contributed by atoms with Crippen LogP contribution in [0.2, 0.25) is 0 Å². The van der Waals surface area contributed by atoms with E-state index in [9.17, 15) is 0 Å². The van der Waals surface area contributed by atoms with Gasteiger partial charge in [0.25, 0.3) is 0 Å². The molecule has 0 saturated heterocycles. The van der Waals surface area contributed by atoms with E-state index < -0.39 is 0 Å². The lowest BCUT2D eigenvalue weighted by atomic mass is 10.1. The molecule has 0 atom stereocenters. The molecular weight excluding hydrogens is 224 g/mol. The van der Waals surface area contributed by atoms with E-state index in [0.717, 1.165) is 6.54 Å². The summed E-state index contributed by atoms with van der Waals surface area (Å²) in [6, 6.07) is 0. The normalized spacial score (nSPS) is 10.9. The Bertz CT molecular complexity index is 259. The SMILES string of the molecule is CCCCCCCCCCCCCn1cnnn1. The largest absolute Gasteiger partial charge is 0.233 e. The van der Waals surface area contributed by atoms with E-state index in [1.165, 1.54) is 70.6 Å². The third-order valence-corrected chi connectivity index (χ3v) is 3.38. The first-order valence-electron chi connectivity index (χ1n) is 7.64. The van der Waals surface area contributed by atoms with Crippen molar-refractivity contribution in [3.8, 4) is 0 Å². The summed E-state index contributed by atoms with van der Waals surface area (Å²) in [4.78, 5) is 0. The molecule has 0 bridgehead atoms. The van der Waals surface area contributed by atoms with Gasteiger partial charge in [-0.1, -0.05) is 71.1 Å². The summed E-state index contributed by atoms with van der Waals surface area (Å²) in [5.41, 5.74) is 0. The van der Waals surface area contributed by atoms with E-state index in [2.05, 4.69) is 22.4 Å². The summed E-state index contributed by atoms with van der Waals surface area (Å²) in [7, 11) is 0. The molecule has 0 aliphatic heterocycles. The summed E-state index contributed by atoms with van der Waals surface area (Å²) in [5, 5.41) is 11.1. The molecule has 0 amide bonds. The topological polar surface area (TPSA) is 43.6 Å². The van der Waals surface area contributed by atoms with Crippen molar-refractivity contribution < 1.29 is 0 Å². The minimum absolute atomic E-state index is 0.962. The molecule has 0 fully saturated rings. The monoisotopic (exact) mass is 252 g/mol. The van der Waals surface area contributed by atoms with E-state index in [1.807, 2.05) is 4.68 Å². The minimum Gasteiger partial charge on any atom is -0.233 e. The van der Waals surface area contributed by atoms with Crippen LogP contribution < -0.4 is 0 Å². The molecule has 0 radical (unpaired) electrons. The van der Waals surface area contributed by atoms with Crippen molar-refractivity contribution >= 4 is 0 Å². The summed E-state index contributed by atoms with van der Waals surface area (Å²) in [6.45, 7) is 3.24. The summed E-state index contributed by atoms with van der Waals surface area (Å²) >= 11 is 0. The van der Waals surface area contributed by atoms with Crippen molar-refractivity contribution in [1.29, 1.82) is 0 Å². The first kappa shape index (κ1) is 15.1. The van der Waals surface area contributed by atoms with Crippen LogP contribution in [0.5, 0.6) is 0 Å². The molecule has 1 aromatic heterocycles. The molecule has 0 spiro atoms. The predicted molar refractivity (Wildman–Crippen MR) is 74.3 cm³/mol. The lowest BCUT2D eigenvalue weighted by molar-refractivity contribution is 0.506. The van der Waals surface area contributed by atoms with Crippen LogP contribution in [-0.2, 0) is 6.54 Å². The average Bonchev–Trinajstić information content (AvgIpc) is 2.89. The third kappa shape index (κ3) is 8.20. The molecule has 18 heavy (non-hydrogen) atoms. The maximum absolute atomic E-state index is 3.85. The van der Waals surface area contributed by atoms with E-state index in [4.69, 9.17) is 0 Å². The lowest BCUT2D eigenvalue weighted by Crippen LogP contribution is -1.98. The van der Waals surface area contributed by atoms with Gasteiger partial charge in [-0.2, -0.15) is 0 Å². The van der Waals surface area contributed by atoms with Gasteiger partial charge < -0.3 is 0 Å². The van der Waals surface area contributed by atoms with Crippen molar-refractivity contribution in [2.45, 2.75) is 84.1 Å². The second-order valence-corrected chi connectivity index (χ2v) is 5.11. The second kappa shape index (κ2) is 11.2. The Balaban J connectivity index is 1.73. The molecule has 104 valence electrons. The molecule has 1 aromatic rings. The molecule has 0 aliphatic carbocycles. The van der Waals surface area contributed by atoms with Crippen LogP contribution in [0.25, 0.3) is 0 Å². The number of nitrogens with zero attached hydrogens (tertiary/aromatic N) is 4. The van der Waals surface area contributed by atoms with Gasteiger partial charge >= 0.3 is 0 Å². The maximum Gasteiger partial charge on any atom is 0.138 e. The van der Waals surface area contributed by atoms with Gasteiger partial charge in [0.2, 0.25) is 0 Å². The second-order valence-electron chi connectivity index (χ2n) is 5.11. The van der Waals surface area contributed by atoms with Crippen molar-refractivity contribution in [3.05, 3.63) is 6.33 Å². The van der Waals surface area contributed by atoms with Gasteiger partial charge in [-0.15, -0.1) is 5.10 Å². The molecule has 0 aliphatic rings. The molecule has 0 unspecified atom stereocenters. The zero-order chi connectivity index (χ0) is 12.9. The fourth-order valence-corrected chi connectivity index (χ4v) is 2.22. The number of tetrazole rings is 1. The number of hydrogen-bond donors (Lipinski definition) is 0. The van der Waals surface area contributed by atoms with Crippen LogP contribution in [0.3, 0.4) is 0 Å². The summed E-state index contributed by atoms with van der Waals surface area (Å²) < 4.78 is 1.81. The molecule has 0 aromatic carbocycles. The Hall–Kier alpha value is -0.930. The highest BCUT2D eigenvalue weighted by Gasteiger charge is 1.94. The van der Waals surface area contributed by atoms with Gasteiger partial charge in [-0.05, 0) is 16.8 Å². The van der Waals surface area contributed by atoms with Crippen molar-refractivity contribution in [1.82, 2.24) is 20.2 Å². The van der Waals surface area contributed by atoms with Crippen LogP contribution in [-0.4, -0.2) is 20.2 Å². The standard InChI is InChI=1S/C14H28N4/c1-2-3-4-5-6-7-8-9-10-11-12-13-18-14-15-16-17-18/h14H,2-13H2,1H3. The summed E-state index contributed by atoms with van der Waals surface area (Å²) in [5.74, 6) is 0.